The largest absolute Gasteiger partial charge is 0.478 e. The number of ether oxygens (including phenoxy) is 1. The van der Waals surface area contributed by atoms with Crippen molar-refractivity contribution in [3.63, 3.8) is 0 Å². The summed E-state index contributed by atoms with van der Waals surface area (Å²) in [5.74, 6) is -0.934. The molecule has 0 unspecified atom stereocenters. The van der Waals surface area contributed by atoms with E-state index in [1.54, 1.807) is 0 Å². The van der Waals surface area contributed by atoms with Crippen molar-refractivity contribution < 1.29 is 27.8 Å². The second-order valence-corrected chi connectivity index (χ2v) is 4.24. The Hall–Kier alpha value is -2.16. The van der Waals surface area contributed by atoms with Crippen molar-refractivity contribution in [3.05, 3.63) is 34.8 Å². The summed E-state index contributed by atoms with van der Waals surface area (Å²) in [7, 11) is 0. The predicted molar refractivity (Wildman–Crippen MR) is 58.4 cm³/mol. The highest BCUT2D eigenvalue weighted by atomic mass is 32.1. The molecule has 2 aromatic rings. The quantitative estimate of drug-likeness (QED) is 0.940. The van der Waals surface area contributed by atoms with Gasteiger partial charge in [-0.25, -0.2) is 4.79 Å². The molecule has 0 saturated carbocycles. The lowest BCUT2D eigenvalue weighted by molar-refractivity contribution is -0.138. The zero-order chi connectivity index (χ0) is 14.0. The Bertz CT molecular complexity index is 595. The molecule has 0 saturated heterocycles. The van der Waals surface area contributed by atoms with E-state index in [0.29, 0.717) is 0 Å². The number of carboxylic acids is 1. The Balaban J connectivity index is 2.13. The molecule has 0 aliphatic rings. The molecule has 0 radical (unpaired) electrons. The molecule has 19 heavy (non-hydrogen) atoms. The molecule has 5 nitrogen and oxygen atoms in total. The number of carbonyl (C=O) groups is 1. The lowest BCUT2D eigenvalue weighted by Crippen LogP contribution is -2.03. The number of hydrogen-bond acceptors (Lipinski definition) is 5. The maximum Gasteiger partial charge on any atom is 0.445 e. The van der Waals surface area contributed by atoms with E-state index in [2.05, 4.69) is 10.2 Å². The summed E-state index contributed by atoms with van der Waals surface area (Å²) in [6.07, 6.45) is -4.56. The van der Waals surface area contributed by atoms with Crippen LogP contribution < -0.4 is 4.74 Å². The summed E-state index contributed by atoms with van der Waals surface area (Å²) in [5, 5.41) is 13.5. The lowest BCUT2D eigenvalue weighted by Gasteiger charge is -2.01. The topological polar surface area (TPSA) is 72.3 Å². The van der Waals surface area contributed by atoms with Crippen molar-refractivity contribution in [2.75, 3.05) is 0 Å². The second-order valence-electron chi connectivity index (χ2n) is 3.30. The molecular weight excluding hydrogens is 285 g/mol. The predicted octanol–water partition coefficient (Wildman–Crippen LogP) is 3.05. The third kappa shape index (κ3) is 3.19. The van der Waals surface area contributed by atoms with Crippen LogP contribution in [0.3, 0.4) is 0 Å². The fraction of sp³-hybridized carbons (Fsp3) is 0.100. The zero-order valence-corrected chi connectivity index (χ0v) is 9.83. The molecule has 1 aromatic carbocycles. The number of nitrogens with zero attached hydrogens (tertiary/aromatic N) is 2. The number of hydrogen-bond donors (Lipinski definition) is 1. The molecule has 0 atom stereocenters. The summed E-state index contributed by atoms with van der Waals surface area (Å²) < 4.78 is 41.8. The molecule has 0 amide bonds. The SMILES string of the molecule is O=C(O)c1ccc(Oc2nnc(C(F)(F)F)s2)cc1. The van der Waals surface area contributed by atoms with Crippen LogP contribution >= 0.6 is 11.3 Å². The van der Waals surface area contributed by atoms with Gasteiger partial charge in [-0.15, -0.1) is 5.10 Å². The Morgan fingerprint density at radius 2 is 1.84 bits per heavy atom. The third-order valence-corrected chi connectivity index (χ3v) is 2.80. The van der Waals surface area contributed by atoms with Gasteiger partial charge in [0.25, 0.3) is 5.19 Å². The van der Waals surface area contributed by atoms with Gasteiger partial charge in [0.15, 0.2) is 0 Å². The van der Waals surface area contributed by atoms with Gasteiger partial charge in [-0.2, -0.15) is 13.2 Å². The van der Waals surface area contributed by atoms with E-state index < -0.39 is 17.2 Å². The maximum absolute atomic E-state index is 12.3. The van der Waals surface area contributed by atoms with Gasteiger partial charge >= 0.3 is 12.1 Å². The van der Waals surface area contributed by atoms with E-state index in [9.17, 15) is 18.0 Å². The highest BCUT2D eigenvalue weighted by Crippen LogP contribution is 2.35. The van der Waals surface area contributed by atoms with E-state index in [1.165, 1.54) is 24.3 Å². The Labute approximate surface area is 108 Å². The molecule has 0 aliphatic heterocycles. The summed E-state index contributed by atoms with van der Waals surface area (Å²) in [5.41, 5.74) is 0.0422. The average Bonchev–Trinajstić information content (AvgIpc) is 2.78. The van der Waals surface area contributed by atoms with E-state index in [1.807, 2.05) is 0 Å². The van der Waals surface area contributed by atoms with Crippen LogP contribution in [-0.4, -0.2) is 21.3 Å². The standard InChI is InChI=1S/C10H5F3N2O3S/c11-10(12,13)8-14-15-9(19-8)18-6-3-1-5(2-4-6)7(16)17/h1-4H,(H,16,17). The Kier molecular flexibility index (Phi) is 3.38. The average molecular weight is 290 g/mol. The molecule has 1 aromatic heterocycles. The first-order valence-corrected chi connectivity index (χ1v) is 5.60. The smallest absolute Gasteiger partial charge is 0.445 e. The van der Waals surface area contributed by atoms with E-state index in [4.69, 9.17) is 9.84 Å². The van der Waals surface area contributed by atoms with Gasteiger partial charge in [-0.05, 0) is 24.3 Å². The molecule has 0 fully saturated rings. The van der Waals surface area contributed by atoms with Crippen molar-refractivity contribution in [1.82, 2.24) is 10.2 Å². The van der Waals surface area contributed by atoms with Crippen LogP contribution in [0.5, 0.6) is 10.9 Å². The monoisotopic (exact) mass is 290 g/mol. The van der Waals surface area contributed by atoms with Crippen LogP contribution in [-0.2, 0) is 6.18 Å². The van der Waals surface area contributed by atoms with Crippen LogP contribution in [0.15, 0.2) is 24.3 Å². The van der Waals surface area contributed by atoms with Gasteiger partial charge in [0, 0.05) is 0 Å². The second kappa shape index (κ2) is 4.84. The Morgan fingerprint density at radius 3 is 2.32 bits per heavy atom. The van der Waals surface area contributed by atoms with Crippen molar-refractivity contribution in [2.45, 2.75) is 6.18 Å². The van der Waals surface area contributed by atoms with Gasteiger partial charge in [-0.1, -0.05) is 16.4 Å². The number of alkyl halides is 3. The Morgan fingerprint density at radius 1 is 1.21 bits per heavy atom. The summed E-state index contributed by atoms with van der Waals surface area (Å²) >= 11 is 0.259. The summed E-state index contributed by atoms with van der Waals surface area (Å²) in [4.78, 5) is 10.6. The van der Waals surface area contributed by atoms with E-state index in [-0.39, 0.29) is 27.8 Å². The minimum Gasteiger partial charge on any atom is -0.478 e. The van der Waals surface area contributed by atoms with Gasteiger partial charge < -0.3 is 9.84 Å². The fourth-order valence-electron chi connectivity index (χ4n) is 1.13. The molecule has 2 rings (SSSR count). The van der Waals surface area contributed by atoms with Crippen LogP contribution in [0.25, 0.3) is 0 Å². The number of rotatable bonds is 3. The summed E-state index contributed by atoms with van der Waals surface area (Å²) in [6.45, 7) is 0. The van der Waals surface area contributed by atoms with Crippen molar-refractivity contribution >= 4 is 17.3 Å². The minimum absolute atomic E-state index is 0.0422. The van der Waals surface area contributed by atoms with E-state index >= 15 is 0 Å². The van der Waals surface area contributed by atoms with Gasteiger partial charge in [0.1, 0.15) is 5.75 Å². The summed E-state index contributed by atoms with van der Waals surface area (Å²) in [6, 6.07) is 5.17. The van der Waals surface area contributed by atoms with Crippen molar-refractivity contribution in [3.8, 4) is 10.9 Å². The number of aromatic nitrogens is 2. The zero-order valence-electron chi connectivity index (χ0n) is 9.01. The molecule has 9 heteroatoms. The van der Waals surface area contributed by atoms with Crippen LogP contribution in [0.4, 0.5) is 13.2 Å². The van der Waals surface area contributed by atoms with Crippen LogP contribution in [0.2, 0.25) is 0 Å². The first-order valence-electron chi connectivity index (χ1n) is 4.78. The van der Waals surface area contributed by atoms with Crippen molar-refractivity contribution in [2.24, 2.45) is 0 Å². The molecule has 1 heterocycles. The number of halogens is 3. The molecule has 0 aliphatic carbocycles. The third-order valence-electron chi connectivity index (χ3n) is 1.96. The first kappa shape index (κ1) is 13.3. The first-order chi connectivity index (χ1) is 8.86. The van der Waals surface area contributed by atoms with E-state index in [0.717, 1.165) is 0 Å². The number of carboxylic acid groups (broad SMARTS) is 1. The van der Waals surface area contributed by atoms with Crippen LogP contribution in [0, 0.1) is 0 Å². The molecule has 0 bridgehead atoms. The van der Waals surface area contributed by atoms with Gasteiger partial charge in [0.2, 0.25) is 5.01 Å². The molecule has 0 spiro atoms. The highest BCUT2D eigenvalue weighted by molar-refractivity contribution is 7.13. The number of benzene rings is 1. The fourth-order valence-corrected chi connectivity index (χ4v) is 1.71. The van der Waals surface area contributed by atoms with Gasteiger partial charge in [0.05, 0.1) is 5.56 Å². The molecule has 1 N–H and O–H groups in total. The maximum atomic E-state index is 12.3. The van der Waals surface area contributed by atoms with Crippen LogP contribution in [0.1, 0.15) is 15.4 Å². The molecule has 100 valence electrons. The minimum atomic E-state index is -4.56. The lowest BCUT2D eigenvalue weighted by atomic mass is 10.2. The number of aromatic carboxylic acids is 1. The molecular formula is C10H5F3N2O3S. The van der Waals surface area contributed by atoms with Crippen molar-refractivity contribution in [1.29, 1.82) is 0 Å². The highest BCUT2D eigenvalue weighted by Gasteiger charge is 2.36. The van der Waals surface area contributed by atoms with Gasteiger partial charge in [-0.3, -0.25) is 0 Å². The normalized spacial score (nSPS) is 11.3.